The van der Waals surface area contributed by atoms with Gasteiger partial charge in [0.05, 0.1) is 12.4 Å². The molecule has 0 fully saturated rings. The van der Waals surface area contributed by atoms with Crippen LogP contribution in [0, 0.1) is 0 Å². The first-order chi connectivity index (χ1) is 18.8. The van der Waals surface area contributed by atoms with Crippen molar-refractivity contribution in [2.24, 2.45) is 16.6 Å². The first-order valence-electron chi connectivity index (χ1n) is 13.2. The zero-order valence-electron chi connectivity index (χ0n) is 23.3. The molecular formula is C29H40N8O2. The molecule has 0 aromatic heterocycles. The third-order valence-corrected chi connectivity index (χ3v) is 6.23. The minimum Gasteiger partial charge on any atom is -0.387 e. The maximum absolute atomic E-state index is 13.3. The smallest absolute Gasteiger partial charge is 0.250 e. The van der Waals surface area contributed by atoms with Crippen molar-refractivity contribution in [3.05, 3.63) is 64.9 Å². The Kier molecular flexibility index (Phi) is 10.9. The number of carbonyl (C=O) groups excluding carboxylic acids is 2. The molecule has 2 aromatic rings. The number of benzene rings is 2. The fourth-order valence-corrected chi connectivity index (χ4v) is 4.45. The highest BCUT2D eigenvalue weighted by Gasteiger charge is 2.21. The van der Waals surface area contributed by atoms with Gasteiger partial charge in [0.2, 0.25) is 5.91 Å². The van der Waals surface area contributed by atoms with E-state index < -0.39 is 0 Å². The van der Waals surface area contributed by atoms with Crippen LogP contribution in [0.5, 0.6) is 0 Å². The second kappa shape index (κ2) is 14.4. The van der Waals surface area contributed by atoms with E-state index in [-0.39, 0.29) is 5.91 Å². The molecule has 0 saturated heterocycles. The molecule has 0 saturated carbocycles. The summed E-state index contributed by atoms with van der Waals surface area (Å²) in [6.45, 7) is 5.98. The molecule has 0 unspecified atom stereocenters. The summed E-state index contributed by atoms with van der Waals surface area (Å²) >= 11 is 0. The number of nitrogens with two attached hydrogens (primary N) is 2. The van der Waals surface area contributed by atoms with Gasteiger partial charge in [-0.05, 0) is 60.9 Å². The number of carbonyl (C=O) groups is 2. The summed E-state index contributed by atoms with van der Waals surface area (Å²) in [4.78, 5) is 33.4. The number of aliphatic imine (C=N–C) groups is 1. The molecule has 0 atom stereocenters. The third kappa shape index (κ3) is 8.08. The fraction of sp³-hybridized carbons (Fsp3) is 0.345. The van der Waals surface area contributed by atoms with Crippen LogP contribution in [0.2, 0.25) is 0 Å². The summed E-state index contributed by atoms with van der Waals surface area (Å²) in [6.07, 6.45) is 8.59. The minimum atomic E-state index is 0.0131. The van der Waals surface area contributed by atoms with Gasteiger partial charge in [0.1, 0.15) is 5.84 Å². The first kappa shape index (κ1) is 29.7. The lowest BCUT2D eigenvalue weighted by Gasteiger charge is -2.22. The third-order valence-electron chi connectivity index (χ3n) is 6.23. The number of hydrogen-bond donors (Lipinski definition) is 4. The molecule has 2 aromatic carbocycles. The van der Waals surface area contributed by atoms with E-state index >= 15 is 0 Å². The summed E-state index contributed by atoms with van der Waals surface area (Å²) in [7, 11) is 3.60. The van der Waals surface area contributed by atoms with E-state index in [1.54, 1.807) is 13.1 Å². The van der Waals surface area contributed by atoms with E-state index in [2.05, 4.69) is 29.8 Å². The van der Waals surface area contributed by atoms with Crippen molar-refractivity contribution >= 4 is 35.9 Å². The highest BCUT2D eigenvalue weighted by Crippen LogP contribution is 2.33. The molecule has 6 N–H and O–H groups in total. The Morgan fingerprint density at radius 1 is 1.08 bits per heavy atom. The lowest BCUT2D eigenvalue weighted by atomic mass is 9.97. The van der Waals surface area contributed by atoms with Gasteiger partial charge in [-0.25, -0.2) is 10.4 Å². The lowest BCUT2D eigenvalue weighted by molar-refractivity contribution is -0.127. The Balaban J connectivity index is 1.91. The molecule has 1 aliphatic heterocycles. The molecule has 0 spiro atoms. The van der Waals surface area contributed by atoms with Crippen LogP contribution in [-0.4, -0.2) is 66.8 Å². The summed E-state index contributed by atoms with van der Waals surface area (Å²) in [6, 6.07) is 11.6. The molecule has 10 nitrogen and oxygen atoms in total. The number of fused-ring (bicyclic) bond motifs is 1. The van der Waals surface area contributed by atoms with Gasteiger partial charge >= 0.3 is 0 Å². The number of nitrogens with zero attached hydrogens (tertiary/aromatic N) is 4. The second-order valence-corrected chi connectivity index (χ2v) is 9.52. The van der Waals surface area contributed by atoms with Crippen LogP contribution in [0.4, 0.5) is 5.69 Å². The number of aldehydes is 1. The van der Waals surface area contributed by atoms with Crippen molar-refractivity contribution in [3.8, 4) is 11.1 Å². The van der Waals surface area contributed by atoms with Crippen LogP contribution in [0.1, 0.15) is 54.6 Å². The number of hydrazine groups is 3. The maximum Gasteiger partial charge on any atom is 0.250 e. The normalized spacial score (nSPS) is 13.1. The van der Waals surface area contributed by atoms with Gasteiger partial charge < -0.3 is 15.5 Å². The quantitative estimate of drug-likeness (QED) is 0.134. The highest BCUT2D eigenvalue weighted by molar-refractivity contribution is 6.05. The van der Waals surface area contributed by atoms with Crippen molar-refractivity contribution in [2.75, 3.05) is 33.9 Å². The Labute approximate surface area is 230 Å². The van der Waals surface area contributed by atoms with Crippen LogP contribution in [0.15, 0.2) is 53.2 Å². The van der Waals surface area contributed by atoms with Crippen LogP contribution < -0.4 is 22.5 Å². The standard InChI is InChI=1S/C29H40N8O2/c1-5-12-36(13-6-2)29(39)26-16-24-9-7-22(17-27(24)33-28(30)18-26)21-8-10-25(19-38)23(15-21)11-14-35(4)20-37(31)34-32-3/h7-11,14-17,19,32,34H,5-6,12-13,18,20,31H2,1-4H3,(H2,30,33)/b14-11-. The Hall–Kier alpha value is -3.83. The topological polar surface area (TPSA) is 132 Å². The molecule has 3 rings (SSSR count). The zero-order chi connectivity index (χ0) is 28.4. The number of hydrogen-bond acceptors (Lipinski definition) is 9. The molecule has 10 heteroatoms. The minimum absolute atomic E-state index is 0.0131. The highest BCUT2D eigenvalue weighted by atomic mass is 16.2. The molecule has 1 amide bonds. The van der Waals surface area contributed by atoms with Gasteiger partial charge in [0.15, 0.2) is 6.29 Å². The van der Waals surface area contributed by atoms with Gasteiger partial charge in [0, 0.05) is 49.5 Å². The van der Waals surface area contributed by atoms with Crippen molar-refractivity contribution in [1.29, 1.82) is 0 Å². The van der Waals surface area contributed by atoms with Crippen LogP contribution >= 0.6 is 0 Å². The Morgan fingerprint density at radius 3 is 2.44 bits per heavy atom. The van der Waals surface area contributed by atoms with Gasteiger partial charge in [-0.15, -0.1) is 5.12 Å². The van der Waals surface area contributed by atoms with E-state index in [1.807, 2.05) is 65.5 Å². The molecule has 39 heavy (non-hydrogen) atoms. The maximum atomic E-state index is 13.3. The van der Waals surface area contributed by atoms with Crippen molar-refractivity contribution in [1.82, 2.24) is 25.9 Å². The average Bonchev–Trinajstić information content (AvgIpc) is 3.08. The summed E-state index contributed by atoms with van der Waals surface area (Å²) in [5.41, 5.74) is 17.2. The number of rotatable bonds is 13. The number of nitrogens with one attached hydrogen (secondary N) is 2. The Morgan fingerprint density at radius 2 is 1.77 bits per heavy atom. The molecule has 0 bridgehead atoms. The van der Waals surface area contributed by atoms with Gasteiger partial charge in [-0.3, -0.25) is 15.4 Å². The first-order valence-corrected chi connectivity index (χ1v) is 13.2. The summed E-state index contributed by atoms with van der Waals surface area (Å²) in [5.74, 6) is 6.26. The monoisotopic (exact) mass is 532 g/mol. The fourth-order valence-electron chi connectivity index (χ4n) is 4.45. The molecular weight excluding hydrogens is 492 g/mol. The van der Waals surface area contributed by atoms with E-state index in [0.717, 1.165) is 41.4 Å². The molecule has 0 radical (unpaired) electrons. The van der Waals surface area contributed by atoms with Crippen LogP contribution in [0.25, 0.3) is 23.3 Å². The van der Waals surface area contributed by atoms with Gasteiger partial charge in [-0.2, -0.15) is 5.53 Å². The van der Waals surface area contributed by atoms with E-state index in [0.29, 0.717) is 48.8 Å². The van der Waals surface area contributed by atoms with Crippen molar-refractivity contribution in [3.63, 3.8) is 0 Å². The average molecular weight is 533 g/mol. The van der Waals surface area contributed by atoms with Gasteiger partial charge in [-0.1, -0.05) is 38.1 Å². The van der Waals surface area contributed by atoms with Gasteiger partial charge in [0.25, 0.3) is 0 Å². The largest absolute Gasteiger partial charge is 0.387 e. The lowest BCUT2D eigenvalue weighted by Crippen LogP contribution is -2.52. The van der Waals surface area contributed by atoms with E-state index in [4.69, 9.17) is 11.6 Å². The predicted molar refractivity (Wildman–Crippen MR) is 158 cm³/mol. The van der Waals surface area contributed by atoms with Crippen molar-refractivity contribution in [2.45, 2.75) is 33.1 Å². The molecule has 208 valence electrons. The molecule has 1 heterocycles. The van der Waals surface area contributed by atoms with E-state index in [1.165, 1.54) is 5.12 Å². The van der Waals surface area contributed by atoms with Crippen molar-refractivity contribution < 1.29 is 9.59 Å². The zero-order valence-corrected chi connectivity index (χ0v) is 23.3. The van der Waals surface area contributed by atoms with E-state index in [9.17, 15) is 9.59 Å². The summed E-state index contributed by atoms with van der Waals surface area (Å²) in [5, 5.41) is 1.39. The summed E-state index contributed by atoms with van der Waals surface area (Å²) < 4.78 is 0. The number of amides is 1. The Bertz CT molecular complexity index is 1250. The molecule has 0 aliphatic carbocycles. The molecule has 1 aliphatic rings. The van der Waals surface area contributed by atoms with Crippen LogP contribution in [0.3, 0.4) is 0 Å². The van der Waals surface area contributed by atoms with Crippen LogP contribution in [-0.2, 0) is 4.79 Å². The predicted octanol–water partition coefficient (Wildman–Crippen LogP) is 3.27. The second-order valence-electron chi connectivity index (χ2n) is 9.52. The SMILES string of the molecule is CCCN(CCC)C(=O)C1=Cc2ccc(-c3ccc(C=O)c(/C=C\N(C)CN(N)NNC)c3)cc2N=C(N)C1. The number of amidine groups is 1.